The average Bonchev–Trinajstić information content (AvgIpc) is 3.61. The molecule has 0 spiro atoms. The Balaban J connectivity index is 1.56. The van der Waals surface area contributed by atoms with E-state index in [9.17, 15) is 4.79 Å². The molecule has 0 aliphatic carbocycles. The first-order valence-corrected chi connectivity index (χ1v) is 13.1. The number of carbonyl (C=O) groups is 1. The van der Waals surface area contributed by atoms with Crippen LogP contribution in [0.5, 0.6) is 11.5 Å². The number of morpholine rings is 1. The van der Waals surface area contributed by atoms with Gasteiger partial charge in [0.05, 0.1) is 42.9 Å². The molecular weight excluding hydrogens is 490 g/mol. The summed E-state index contributed by atoms with van der Waals surface area (Å²) in [4.78, 5) is 15.8. The van der Waals surface area contributed by atoms with Crippen LogP contribution in [0, 0.1) is 6.92 Å². The van der Waals surface area contributed by atoms with Crippen molar-refractivity contribution in [3.05, 3.63) is 52.1 Å². The van der Waals surface area contributed by atoms with Gasteiger partial charge in [-0.2, -0.15) is 21.5 Å². The monoisotopic (exact) mass is 519 g/mol. The smallest absolute Gasteiger partial charge is 0.275 e. The third kappa shape index (κ3) is 3.82. The van der Waals surface area contributed by atoms with E-state index in [4.69, 9.17) is 19.3 Å². The molecule has 37 heavy (non-hydrogen) atoms. The number of rotatable bonds is 4. The molecule has 0 radical (unpaired) electrons. The topological polar surface area (TPSA) is 83.6 Å². The first kappa shape index (κ1) is 23.7. The maximum absolute atomic E-state index is 13.9. The summed E-state index contributed by atoms with van der Waals surface area (Å²) in [6, 6.07) is 5.99. The Morgan fingerprint density at radius 3 is 2.70 bits per heavy atom. The lowest BCUT2D eigenvalue weighted by atomic mass is 9.95. The number of thiophene rings is 1. The number of carbonyl (C=O) groups excluding carboxylic acids is 1. The molecule has 9 nitrogen and oxygen atoms in total. The Morgan fingerprint density at radius 2 is 2.03 bits per heavy atom. The van der Waals surface area contributed by atoms with Crippen LogP contribution in [0.2, 0.25) is 0 Å². The molecule has 192 valence electrons. The molecule has 1 amide bonds. The zero-order valence-corrected chi connectivity index (χ0v) is 22.4. The number of amides is 1. The largest absolute Gasteiger partial charge is 0.496 e. The normalized spacial score (nSPS) is 16.2. The Morgan fingerprint density at radius 1 is 1.19 bits per heavy atom. The predicted octanol–water partition coefficient (Wildman–Crippen LogP) is 4.46. The zero-order chi connectivity index (χ0) is 25.9. The van der Waals surface area contributed by atoms with Crippen molar-refractivity contribution in [3.63, 3.8) is 0 Å². The lowest BCUT2D eigenvalue weighted by molar-refractivity contribution is -0.0374. The molecule has 2 aliphatic rings. The van der Waals surface area contributed by atoms with Crippen LogP contribution in [0.25, 0.3) is 28.1 Å². The van der Waals surface area contributed by atoms with Crippen molar-refractivity contribution in [1.82, 2.24) is 24.5 Å². The third-order valence-electron chi connectivity index (χ3n) is 7.06. The molecule has 0 atom stereocenters. The summed E-state index contributed by atoms with van der Waals surface area (Å²) >= 11 is 1.59. The number of aryl methyl sites for hydroxylation is 2. The molecule has 4 aromatic rings. The molecule has 0 bridgehead atoms. The molecule has 0 N–H and O–H groups in total. The number of benzene rings is 1. The molecule has 0 unspecified atom stereocenters. The summed E-state index contributed by atoms with van der Waals surface area (Å²) in [6.07, 6.45) is 1.98. The van der Waals surface area contributed by atoms with E-state index in [1.807, 2.05) is 66.5 Å². The van der Waals surface area contributed by atoms with E-state index >= 15 is 0 Å². The number of methoxy groups -OCH3 is 1. The van der Waals surface area contributed by atoms with Crippen molar-refractivity contribution in [2.45, 2.75) is 32.9 Å². The molecule has 1 aromatic carbocycles. The van der Waals surface area contributed by atoms with Gasteiger partial charge in [0.15, 0.2) is 5.69 Å². The highest BCUT2D eigenvalue weighted by Gasteiger charge is 2.39. The number of hydrogen-bond acceptors (Lipinski definition) is 7. The number of aromatic nitrogens is 4. The van der Waals surface area contributed by atoms with Gasteiger partial charge in [0, 0.05) is 53.5 Å². The van der Waals surface area contributed by atoms with E-state index in [0.29, 0.717) is 37.0 Å². The fraction of sp³-hybridized carbons (Fsp3) is 0.370. The second-order valence-corrected chi connectivity index (χ2v) is 10.8. The van der Waals surface area contributed by atoms with Crippen LogP contribution in [0.15, 0.2) is 35.2 Å². The number of ether oxygens (including phenoxy) is 3. The first-order chi connectivity index (χ1) is 17.8. The molecule has 5 heterocycles. The molecule has 3 aromatic heterocycles. The van der Waals surface area contributed by atoms with Crippen LogP contribution in [0.4, 0.5) is 0 Å². The van der Waals surface area contributed by atoms with Crippen molar-refractivity contribution in [3.8, 4) is 39.6 Å². The minimum Gasteiger partial charge on any atom is -0.496 e. The van der Waals surface area contributed by atoms with Crippen molar-refractivity contribution in [2.75, 3.05) is 26.9 Å². The van der Waals surface area contributed by atoms with Gasteiger partial charge in [0.25, 0.3) is 5.91 Å². The summed E-state index contributed by atoms with van der Waals surface area (Å²) in [5.74, 6) is 1.28. The lowest BCUT2D eigenvalue weighted by Gasteiger charge is -2.41. The molecule has 2 aliphatic heterocycles. The van der Waals surface area contributed by atoms with E-state index < -0.39 is 5.54 Å². The number of hydrogen-bond donors (Lipinski definition) is 0. The van der Waals surface area contributed by atoms with Crippen LogP contribution < -0.4 is 9.47 Å². The Labute approximate surface area is 219 Å². The SMILES string of the molecule is COc1cc2c(cc1-c1cn(C)nc1C)-c1c(c(C(=O)N3CCOCC3(C)C)nn1-c1ccsc1)CO2. The van der Waals surface area contributed by atoms with E-state index in [-0.39, 0.29) is 12.5 Å². The summed E-state index contributed by atoms with van der Waals surface area (Å²) in [5, 5.41) is 13.5. The predicted molar refractivity (Wildman–Crippen MR) is 141 cm³/mol. The van der Waals surface area contributed by atoms with Gasteiger partial charge in [-0.3, -0.25) is 9.48 Å². The molecule has 6 rings (SSSR count). The lowest BCUT2D eigenvalue weighted by Crippen LogP contribution is -2.55. The molecule has 0 saturated carbocycles. The maximum atomic E-state index is 13.9. The van der Waals surface area contributed by atoms with Crippen LogP contribution in [0.1, 0.15) is 35.6 Å². The highest BCUT2D eigenvalue weighted by molar-refractivity contribution is 7.08. The number of nitrogens with zero attached hydrogens (tertiary/aromatic N) is 5. The van der Waals surface area contributed by atoms with Crippen LogP contribution >= 0.6 is 11.3 Å². The summed E-state index contributed by atoms with van der Waals surface area (Å²) in [6.45, 7) is 7.78. The van der Waals surface area contributed by atoms with Crippen molar-refractivity contribution in [2.24, 2.45) is 7.05 Å². The molecule has 1 fully saturated rings. The zero-order valence-electron chi connectivity index (χ0n) is 21.6. The van der Waals surface area contributed by atoms with E-state index in [1.54, 1.807) is 23.1 Å². The Hall–Kier alpha value is -3.63. The average molecular weight is 520 g/mol. The summed E-state index contributed by atoms with van der Waals surface area (Å²) < 4.78 is 21.3. The second-order valence-electron chi connectivity index (χ2n) is 10.0. The van der Waals surface area contributed by atoms with Crippen molar-refractivity contribution >= 4 is 17.2 Å². The highest BCUT2D eigenvalue weighted by atomic mass is 32.1. The molecular formula is C27H29N5O4S. The second kappa shape index (κ2) is 8.74. The maximum Gasteiger partial charge on any atom is 0.275 e. The van der Waals surface area contributed by atoms with Gasteiger partial charge in [0.1, 0.15) is 18.1 Å². The van der Waals surface area contributed by atoms with Crippen LogP contribution in [-0.2, 0) is 18.4 Å². The van der Waals surface area contributed by atoms with Crippen LogP contribution in [0.3, 0.4) is 0 Å². The minimum absolute atomic E-state index is 0.109. The minimum atomic E-state index is -0.430. The van der Waals surface area contributed by atoms with Gasteiger partial charge in [-0.15, -0.1) is 0 Å². The van der Waals surface area contributed by atoms with Gasteiger partial charge >= 0.3 is 0 Å². The Bertz CT molecular complexity index is 1500. The van der Waals surface area contributed by atoms with Crippen molar-refractivity contribution < 1.29 is 19.0 Å². The van der Waals surface area contributed by atoms with Gasteiger partial charge in [-0.05, 0) is 38.3 Å². The Kier molecular flexibility index (Phi) is 5.61. The molecule has 1 saturated heterocycles. The first-order valence-electron chi connectivity index (χ1n) is 12.2. The van der Waals surface area contributed by atoms with E-state index in [2.05, 4.69) is 11.2 Å². The fourth-order valence-corrected chi connectivity index (χ4v) is 5.84. The standard InChI is InChI=1S/C27H29N5O4S/c1-16-20(12-30(4)28-16)18-10-19-23(11-22(18)34-5)36-13-21-24(26(33)31-7-8-35-15-27(31,2)3)29-32(25(19)21)17-6-9-37-14-17/h6,9-12,14H,7-8,13,15H2,1-5H3. The van der Waals surface area contributed by atoms with Gasteiger partial charge in [-0.25, -0.2) is 4.68 Å². The fourth-order valence-electron chi connectivity index (χ4n) is 5.22. The quantitative estimate of drug-likeness (QED) is 0.396. The molecule has 10 heteroatoms. The van der Waals surface area contributed by atoms with Gasteiger partial charge in [0.2, 0.25) is 0 Å². The summed E-state index contributed by atoms with van der Waals surface area (Å²) in [7, 11) is 3.56. The van der Waals surface area contributed by atoms with Crippen molar-refractivity contribution in [1.29, 1.82) is 0 Å². The highest BCUT2D eigenvalue weighted by Crippen LogP contribution is 2.46. The van der Waals surface area contributed by atoms with Gasteiger partial charge < -0.3 is 19.1 Å². The van der Waals surface area contributed by atoms with Crippen LogP contribution in [-0.4, -0.2) is 62.8 Å². The van der Waals surface area contributed by atoms with E-state index in [0.717, 1.165) is 39.3 Å². The third-order valence-corrected chi connectivity index (χ3v) is 7.73. The number of fused-ring (bicyclic) bond motifs is 3. The van der Waals surface area contributed by atoms with Gasteiger partial charge in [-0.1, -0.05) is 0 Å². The van der Waals surface area contributed by atoms with E-state index in [1.165, 1.54) is 0 Å². The summed E-state index contributed by atoms with van der Waals surface area (Å²) in [5.41, 5.74) is 6.17.